The van der Waals surface area contributed by atoms with E-state index in [1.54, 1.807) is 48.9 Å². The highest BCUT2D eigenvalue weighted by Gasteiger charge is 2.30. The van der Waals surface area contributed by atoms with Gasteiger partial charge in [0.1, 0.15) is 10.8 Å². The predicted molar refractivity (Wildman–Crippen MR) is 126 cm³/mol. The molecule has 0 radical (unpaired) electrons. The fourth-order valence-electron chi connectivity index (χ4n) is 3.12. The maximum absolute atomic E-state index is 13.5. The zero-order valence-corrected chi connectivity index (χ0v) is 19.8. The van der Waals surface area contributed by atoms with Crippen LogP contribution in [-0.4, -0.2) is 29.3 Å². The van der Waals surface area contributed by atoms with Crippen molar-refractivity contribution < 1.29 is 13.2 Å². The smallest absolute Gasteiger partial charge is 0.212 e. The lowest BCUT2D eigenvalue weighted by molar-refractivity contribution is 0.465. The molecule has 2 heterocycles. The van der Waals surface area contributed by atoms with Crippen LogP contribution in [0, 0.1) is 13.8 Å². The van der Waals surface area contributed by atoms with Gasteiger partial charge in [0.15, 0.2) is 16.3 Å². The minimum atomic E-state index is -3.83. The molecule has 1 aromatic carbocycles. The van der Waals surface area contributed by atoms with E-state index in [0.29, 0.717) is 33.6 Å². The van der Waals surface area contributed by atoms with Gasteiger partial charge in [-0.25, -0.2) is 17.9 Å². The summed E-state index contributed by atoms with van der Waals surface area (Å²) in [6, 6.07) is 9.38. The van der Waals surface area contributed by atoms with E-state index in [-0.39, 0.29) is 9.80 Å². The minimum absolute atomic E-state index is 0.107. The number of fused-ring (bicyclic) bond motifs is 1. The van der Waals surface area contributed by atoms with Gasteiger partial charge in [-0.1, -0.05) is 42.5 Å². The Balaban J connectivity index is 2.22. The molecule has 0 aliphatic rings. The van der Waals surface area contributed by atoms with Crippen LogP contribution in [0.15, 0.2) is 75.5 Å². The minimum Gasteiger partial charge on any atom is -0.454 e. The summed E-state index contributed by atoms with van der Waals surface area (Å²) in [5, 5.41) is 4.94. The molecule has 6 nitrogen and oxygen atoms in total. The molecular formula is C23H25N3O3S2. The second kappa shape index (κ2) is 9.53. The monoisotopic (exact) mass is 455 g/mol. The summed E-state index contributed by atoms with van der Waals surface area (Å²) in [5.74, 6) is 1.22. The Kier molecular flexibility index (Phi) is 7.02. The van der Waals surface area contributed by atoms with Crippen LogP contribution in [0.25, 0.3) is 5.65 Å². The third-order valence-electron chi connectivity index (χ3n) is 4.62. The molecule has 2 aromatic heterocycles. The number of aryl methyl sites for hydroxylation is 2. The van der Waals surface area contributed by atoms with E-state index >= 15 is 0 Å². The lowest BCUT2D eigenvalue weighted by atomic mass is 10.3. The van der Waals surface area contributed by atoms with E-state index in [2.05, 4.69) is 10.1 Å². The second-order valence-electron chi connectivity index (χ2n) is 6.68. The fraction of sp³-hybridized carbons (Fsp3) is 0.217. The molecule has 0 fully saturated rings. The summed E-state index contributed by atoms with van der Waals surface area (Å²) in [7, 11) is -3.83. The third-order valence-corrected chi connectivity index (χ3v) is 7.33. The first kappa shape index (κ1) is 22.8. The number of allylic oxidation sites excluding steroid dienone is 5. The summed E-state index contributed by atoms with van der Waals surface area (Å²) < 4.78 is 34.6. The first-order chi connectivity index (χ1) is 14.8. The molecule has 0 saturated carbocycles. The van der Waals surface area contributed by atoms with Gasteiger partial charge in [0.05, 0.1) is 16.3 Å². The van der Waals surface area contributed by atoms with E-state index < -0.39 is 9.84 Å². The zero-order valence-electron chi connectivity index (χ0n) is 18.2. The van der Waals surface area contributed by atoms with Crippen molar-refractivity contribution in [2.75, 3.05) is 6.26 Å². The molecule has 8 heteroatoms. The van der Waals surface area contributed by atoms with Crippen LogP contribution in [-0.2, 0) is 9.84 Å². The molecular weight excluding hydrogens is 430 g/mol. The Morgan fingerprint density at radius 3 is 2.45 bits per heavy atom. The SMILES string of the molecule is CC=CC=CC(=CC)S(=O)(=O)c1c(SC)nn2c(C)c(Oc3ccccc3)c(C)nc12. The topological polar surface area (TPSA) is 73.6 Å². The fourth-order valence-corrected chi connectivity index (χ4v) is 5.58. The second-order valence-corrected chi connectivity index (χ2v) is 9.36. The molecule has 0 atom stereocenters. The number of sulfone groups is 1. The number of nitrogens with zero attached hydrogens (tertiary/aromatic N) is 3. The number of hydrogen-bond donors (Lipinski definition) is 0. The van der Waals surface area contributed by atoms with Crippen LogP contribution in [0.5, 0.6) is 11.5 Å². The van der Waals surface area contributed by atoms with E-state index in [0.717, 1.165) is 0 Å². The van der Waals surface area contributed by atoms with Crippen LogP contribution in [0.4, 0.5) is 0 Å². The normalized spacial score (nSPS) is 13.0. The Labute approximate surface area is 187 Å². The van der Waals surface area contributed by atoms with E-state index in [1.165, 1.54) is 11.8 Å². The summed E-state index contributed by atoms with van der Waals surface area (Å²) in [4.78, 5) is 4.90. The van der Waals surface area contributed by atoms with Crippen LogP contribution >= 0.6 is 11.8 Å². The first-order valence-corrected chi connectivity index (χ1v) is 12.4. The van der Waals surface area contributed by atoms with Crippen LogP contribution < -0.4 is 4.74 Å². The van der Waals surface area contributed by atoms with Gasteiger partial charge < -0.3 is 4.74 Å². The molecule has 0 amide bonds. The van der Waals surface area contributed by atoms with Gasteiger partial charge in [0.25, 0.3) is 0 Å². The van der Waals surface area contributed by atoms with E-state index in [4.69, 9.17) is 4.74 Å². The van der Waals surface area contributed by atoms with Crippen molar-refractivity contribution in [2.24, 2.45) is 0 Å². The maximum atomic E-state index is 13.5. The van der Waals surface area contributed by atoms with Gasteiger partial charge in [-0.3, -0.25) is 0 Å². The van der Waals surface area contributed by atoms with Gasteiger partial charge in [0.2, 0.25) is 9.84 Å². The zero-order chi connectivity index (χ0) is 22.6. The summed E-state index contributed by atoms with van der Waals surface area (Å²) in [5.41, 5.74) is 1.55. The Morgan fingerprint density at radius 1 is 1.13 bits per heavy atom. The van der Waals surface area contributed by atoms with Crippen molar-refractivity contribution in [1.82, 2.24) is 14.6 Å². The quantitative estimate of drug-likeness (QED) is 0.338. The number of thioether (sulfide) groups is 1. The van der Waals surface area contributed by atoms with Crippen molar-refractivity contribution in [3.05, 3.63) is 77.0 Å². The highest BCUT2D eigenvalue weighted by molar-refractivity contribution is 8.00. The van der Waals surface area contributed by atoms with Crippen LogP contribution in [0.2, 0.25) is 0 Å². The third kappa shape index (κ3) is 4.45. The van der Waals surface area contributed by atoms with Gasteiger partial charge in [-0.2, -0.15) is 5.10 Å². The maximum Gasteiger partial charge on any atom is 0.212 e. The first-order valence-electron chi connectivity index (χ1n) is 9.72. The summed E-state index contributed by atoms with van der Waals surface area (Å²) >= 11 is 1.27. The Hall–Kier alpha value is -2.84. The van der Waals surface area contributed by atoms with Crippen LogP contribution in [0.3, 0.4) is 0 Å². The number of benzene rings is 1. The van der Waals surface area contributed by atoms with Gasteiger partial charge in [-0.15, -0.1) is 11.8 Å². The highest BCUT2D eigenvalue weighted by atomic mass is 32.2. The standard InChI is InChI=1S/C23H25N3O3S2/c1-6-8-10-15-19(7-2)31(27,28)21-22-24-16(3)20(29-18-13-11-9-12-14-18)17(4)26(22)25-23(21)30-5/h6-15H,1-5H3. The summed E-state index contributed by atoms with van der Waals surface area (Å²) in [6.45, 7) is 7.22. The number of hydrogen-bond acceptors (Lipinski definition) is 6. The predicted octanol–water partition coefficient (Wildman–Crippen LogP) is 5.67. The largest absolute Gasteiger partial charge is 0.454 e. The van der Waals surface area contributed by atoms with Gasteiger partial charge in [-0.05, 0) is 52.2 Å². The Morgan fingerprint density at radius 2 is 1.84 bits per heavy atom. The molecule has 0 N–H and O–H groups in total. The number of aromatic nitrogens is 3. The van der Waals surface area contributed by atoms with E-state index in [9.17, 15) is 8.42 Å². The lowest BCUT2D eigenvalue weighted by Crippen LogP contribution is -2.07. The number of ether oxygens (including phenoxy) is 1. The molecule has 3 aromatic rings. The average Bonchev–Trinajstić information content (AvgIpc) is 3.14. The molecule has 31 heavy (non-hydrogen) atoms. The van der Waals surface area contributed by atoms with Crippen LogP contribution in [0.1, 0.15) is 25.2 Å². The van der Waals surface area contributed by atoms with E-state index in [1.807, 2.05) is 50.3 Å². The molecule has 0 bridgehead atoms. The van der Waals surface area contributed by atoms with Gasteiger partial charge >= 0.3 is 0 Å². The molecule has 0 unspecified atom stereocenters. The molecule has 0 spiro atoms. The van der Waals surface area contributed by atoms with Crippen molar-refractivity contribution in [3.8, 4) is 11.5 Å². The van der Waals surface area contributed by atoms with Crippen molar-refractivity contribution in [3.63, 3.8) is 0 Å². The molecule has 0 aliphatic heterocycles. The van der Waals surface area contributed by atoms with Crippen molar-refractivity contribution >= 4 is 27.2 Å². The Bertz CT molecular complexity index is 1290. The highest BCUT2D eigenvalue weighted by Crippen LogP contribution is 2.36. The van der Waals surface area contributed by atoms with Crippen molar-refractivity contribution in [1.29, 1.82) is 0 Å². The van der Waals surface area contributed by atoms with Crippen molar-refractivity contribution in [2.45, 2.75) is 37.6 Å². The molecule has 0 saturated heterocycles. The molecule has 3 rings (SSSR count). The van der Waals surface area contributed by atoms with Gasteiger partial charge in [0, 0.05) is 0 Å². The lowest BCUT2D eigenvalue weighted by Gasteiger charge is -2.12. The summed E-state index contributed by atoms with van der Waals surface area (Å²) in [6.07, 6.45) is 10.3. The number of rotatable bonds is 7. The molecule has 162 valence electrons. The number of para-hydroxylation sites is 1. The average molecular weight is 456 g/mol. The molecule has 0 aliphatic carbocycles.